The smallest absolute Gasteiger partial charge is 0.317 e. The molecule has 0 spiro atoms. The van der Waals surface area contributed by atoms with Crippen LogP contribution in [-0.2, 0) is 9.59 Å². The van der Waals surface area contributed by atoms with Crippen molar-refractivity contribution in [2.24, 2.45) is 5.73 Å². The molecule has 14 heavy (non-hydrogen) atoms. The molecule has 0 fully saturated rings. The predicted molar refractivity (Wildman–Crippen MR) is 52.7 cm³/mol. The molecule has 0 heterocycles. The van der Waals surface area contributed by atoms with E-state index in [1.54, 1.807) is 0 Å². The third kappa shape index (κ3) is 7.30. The second-order valence-corrected chi connectivity index (χ2v) is 3.31. The van der Waals surface area contributed by atoms with Gasteiger partial charge in [-0.25, -0.2) is 0 Å². The molecule has 0 aliphatic rings. The second kappa shape index (κ2) is 6.15. The number of carbonyl (C=O) groups is 2. The summed E-state index contributed by atoms with van der Waals surface area (Å²) in [7, 11) is 0. The summed E-state index contributed by atoms with van der Waals surface area (Å²) >= 11 is 0. The molecule has 5 nitrogen and oxygen atoms in total. The Hall–Kier alpha value is -1.36. The van der Waals surface area contributed by atoms with Gasteiger partial charge in [0.2, 0.25) is 5.91 Å². The molecule has 0 aliphatic carbocycles. The molecular weight excluding hydrogens is 184 g/mol. The number of carbonyl (C=O) groups excluding carboxylic acids is 1. The topological polar surface area (TPSA) is 83.6 Å². The van der Waals surface area contributed by atoms with Crippen molar-refractivity contribution in [2.75, 3.05) is 19.6 Å². The molecule has 0 aromatic heterocycles. The third-order valence-corrected chi connectivity index (χ3v) is 1.50. The van der Waals surface area contributed by atoms with Crippen molar-refractivity contribution in [1.82, 2.24) is 4.90 Å². The highest BCUT2D eigenvalue weighted by molar-refractivity contribution is 5.77. The van der Waals surface area contributed by atoms with Gasteiger partial charge in [-0.15, -0.1) is 0 Å². The van der Waals surface area contributed by atoms with Gasteiger partial charge in [-0.1, -0.05) is 11.6 Å². The van der Waals surface area contributed by atoms with Crippen LogP contribution in [0.15, 0.2) is 11.6 Å². The zero-order valence-electron chi connectivity index (χ0n) is 8.49. The summed E-state index contributed by atoms with van der Waals surface area (Å²) in [5, 5.41) is 8.55. The van der Waals surface area contributed by atoms with Gasteiger partial charge in [-0.3, -0.25) is 14.5 Å². The molecule has 0 saturated heterocycles. The molecule has 0 aliphatic heterocycles. The normalized spacial score (nSPS) is 9.93. The molecule has 0 saturated carbocycles. The van der Waals surface area contributed by atoms with Crippen LogP contribution in [0, 0.1) is 0 Å². The van der Waals surface area contributed by atoms with Gasteiger partial charge in [0, 0.05) is 6.54 Å². The molecule has 1 amide bonds. The van der Waals surface area contributed by atoms with E-state index in [0.29, 0.717) is 6.54 Å². The average Bonchev–Trinajstić information content (AvgIpc) is 1.97. The highest BCUT2D eigenvalue weighted by Crippen LogP contribution is 1.93. The van der Waals surface area contributed by atoms with E-state index in [9.17, 15) is 9.59 Å². The number of nitrogens with two attached hydrogens (primary N) is 1. The molecule has 5 heteroatoms. The molecule has 0 rings (SSSR count). The summed E-state index contributed by atoms with van der Waals surface area (Å²) in [5.74, 6) is -1.48. The first-order chi connectivity index (χ1) is 6.41. The van der Waals surface area contributed by atoms with Gasteiger partial charge in [-0.05, 0) is 13.8 Å². The van der Waals surface area contributed by atoms with Gasteiger partial charge < -0.3 is 10.8 Å². The van der Waals surface area contributed by atoms with Gasteiger partial charge in [0.15, 0.2) is 0 Å². The Morgan fingerprint density at radius 1 is 1.36 bits per heavy atom. The number of amides is 1. The number of carboxylic acid groups (broad SMARTS) is 1. The van der Waals surface area contributed by atoms with E-state index in [-0.39, 0.29) is 13.1 Å². The van der Waals surface area contributed by atoms with Gasteiger partial charge >= 0.3 is 5.97 Å². The molecule has 80 valence electrons. The lowest BCUT2D eigenvalue weighted by atomic mass is 10.3. The maximum Gasteiger partial charge on any atom is 0.317 e. The summed E-state index contributed by atoms with van der Waals surface area (Å²) in [4.78, 5) is 22.5. The lowest BCUT2D eigenvalue weighted by Crippen LogP contribution is -2.37. The van der Waals surface area contributed by atoms with Crippen molar-refractivity contribution < 1.29 is 14.7 Å². The van der Waals surface area contributed by atoms with E-state index in [4.69, 9.17) is 10.8 Å². The standard InChI is InChI=1S/C9H16N2O3/c1-7(2)3-4-11(5-8(10)12)6-9(13)14/h3H,4-6H2,1-2H3,(H2,10,12)(H,13,14). The Morgan fingerprint density at radius 2 is 1.93 bits per heavy atom. The van der Waals surface area contributed by atoms with Crippen LogP contribution >= 0.6 is 0 Å². The molecule has 0 aromatic carbocycles. The number of allylic oxidation sites excluding steroid dienone is 1. The quantitative estimate of drug-likeness (QED) is 0.583. The van der Waals surface area contributed by atoms with Gasteiger partial charge in [0.05, 0.1) is 13.1 Å². The van der Waals surface area contributed by atoms with Crippen LogP contribution in [-0.4, -0.2) is 41.5 Å². The van der Waals surface area contributed by atoms with Crippen LogP contribution in [0.5, 0.6) is 0 Å². The molecule has 0 radical (unpaired) electrons. The number of carboxylic acids is 1. The zero-order valence-corrected chi connectivity index (χ0v) is 8.49. The number of primary amides is 1. The van der Waals surface area contributed by atoms with Gasteiger partial charge in [0.1, 0.15) is 0 Å². The van der Waals surface area contributed by atoms with Crippen LogP contribution in [0.25, 0.3) is 0 Å². The number of hydrogen-bond acceptors (Lipinski definition) is 3. The van der Waals surface area contributed by atoms with Gasteiger partial charge in [-0.2, -0.15) is 0 Å². The molecule has 0 atom stereocenters. The minimum atomic E-state index is -0.964. The molecular formula is C9H16N2O3. The van der Waals surface area contributed by atoms with E-state index in [0.717, 1.165) is 5.57 Å². The second-order valence-electron chi connectivity index (χ2n) is 3.31. The van der Waals surface area contributed by atoms with Crippen molar-refractivity contribution >= 4 is 11.9 Å². The highest BCUT2D eigenvalue weighted by atomic mass is 16.4. The minimum absolute atomic E-state index is 0.0317. The number of aliphatic carboxylic acids is 1. The first-order valence-electron chi connectivity index (χ1n) is 4.27. The lowest BCUT2D eigenvalue weighted by molar-refractivity contribution is -0.138. The maximum absolute atomic E-state index is 10.6. The Labute approximate surface area is 83.2 Å². The number of nitrogens with zero attached hydrogens (tertiary/aromatic N) is 1. The highest BCUT2D eigenvalue weighted by Gasteiger charge is 2.10. The van der Waals surface area contributed by atoms with Crippen molar-refractivity contribution in [3.8, 4) is 0 Å². The SMILES string of the molecule is CC(C)=CCN(CC(N)=O)CC(=O)O. The summed E-state index contributed by atoms with van der Waals surface area (Å²) in [6.45, 7) is 4.03. The van der Waals surface area contributed by atoms with Crippen LogP contribution in [0.4, 0.5) is 0 Å². The first-order valence-corrected chi connectivity index (χ1v) is 4.27. The van der Waals surface area contributed by atoms with Crippen LogP contribution in [0.1, 0.15) is 13.8 Å². The van der Waals surface area contributed by atoms with Crippen molar-refractivity contribution in [2.45, 2.75) is 13.8 Å². The predicted octanol–water partition coefficient (Wildman–Crippen LogP) is -0.175. The largest absolute Gasteiger partial charge is 0.480 e. The Kier molecular flexibility index (Phi) is 5.55. The first kappa shape index (κ1) is 12.6. The molecule has 3 N–H and O–H groups in total. The summed E-state index contributed by atoms with van der Waals surface area (Å²) in [6.07, 6.45) is 1.85. The summed E-state index contributed by atoms with van der Waals surface area (Å²) in [6, 6.07) is 0. The van der Waals surface area contributed by atoms with E-state index in [2.05, 4.69) is 0 Å². The minimum Gasteiger partial charge on any atom is -0.480 e. The van der Waals surface area contributed by atoms with Gasteiger partial charge in [0.25, 0.3) is 0 Å². The Bertz CT molecular complexity index is 228. The fourth-order valence-electron chi connectivity index (χ4n) is 0.908. The number of rotatable bonds is 6. The van der Waals surface area contributed by atoms with E-state index >= 15 is 0 Å². The molecule has 0 aromatic rings. The van der Waals surface area contributed by atoms with E-state index in [1.807, 2.05) is 19.9 Å². The summed E-state index contributed by atoms with van der Waals surface area (Å²) in [5.41, 5.74) is 6.06. The van der Waals surface area contributed by atoms with Crippen LogP contribution < -0.4 is 5.73 Å². The average molecular weight is 200 g/mol. The van der Waals surface area contributed by atoms with Crippen molar-refractivity contribution in [1.29, 1.82) is 0 Å². The zero-order chi connectivity index (χ0) is 11.1. The molecule has 0 unspecified atom stereocenters. The van der Waals surface area contributed by atoms with Crippen LogP contribution in [0.2, 0.25) is 0 Å². The van der Waals surface area contributed by atoms with E-state index in [1.165, 1.54) is 4.90 Å². The summed E-state index contributed by atoms with van der Waals surface area (Å²) < 4.78 is 0. The number of hydrogen-bond donors (Lipinski definition) is 2. The fraction of sp³-hybridized carbons (Fsp3) is 0.556. The Balaban J connectivity index is 4.17. The van der Waals surface area contributed by atoms with Crippen molar-refractivity contribution in [3.63, 3.8) is 0 Å². The third-order valence-electron chi connectivity index (χ3n) is 1.50. The monoisotopic (exact) mass is 200 g/mol. The van der Waals surface area contributed by atoms with E-state index < -0.39 is 11.9 Å². The molecule has 0 bridgehead atoms. The maximum atomic E-state index is 10.6. The Morgan fingerprint density at radius 3 is 2.29 bits per heavy atom. The van der Waals surface area contributed by atoms with Crippen LogP contribution in [0.3, 0.4) is 0 Å². The van der Waals surface area contributed by atoms with Crippen molar-refractivity contribution in [3.05, 3.63) is 11.6 Å². The fourth-order valence-corrected chi connectivity index (χ4v) is 0.908. The lowest BCUT2D eigenvalue weighted by Gasteiger charge is -2.16.